The Labute approximate surface area is 141 Å². The molecule has 1 N–H and O–H groups in total. The van der Waals surface area contributed by atoms with Crippen LogP contribution in [0.15, 0.2) is 23.6 Å². The summed E-state index contributed by atoms with van der Waals surface area (Å²) in [5.74, 6) is 1.06. The van der Waals surface area contributed by atoms with E-state index in [4.69, 9.17) is 4.74 Å². The van der Waals surface area contributed by atoms with Gasteiger partial charge in [0, 0.05) is 11.1 Å². The smallest absolute Gasteiger partial charge is 0.261 e. The van der Waals surface area contributed by atoms with E-state index in [9.17, 15) is 4.79 Å². The number of carbonyl (C=O) groups excluding carboxylic acids is 1. The van der Waals surface area contributed by atoms with Crippen LogP contribution in [0.4, 0.5) is 0 Å². The summed E-state index contributed by atoms with van der Waals surface area (Å²) in [5.41, 5.74) is 3.46. The molecule has 0 aliphatic heterocycles. The topological polar surface area (TPSA) is 51.2 Å². The Hall–Kier alpha value is -1.88. The summed E-state index contributed by atoms with van der Waals surface area (Å²) < 4.78 is 5.76. The number of amides is 1. The summed E-state index contributed by atoms with van der Waals surface area (Å²) in [7, 11) is 0. The standard InChI is InChI=1S/C18H24N2O2S/c1-11(2)16-7-6-15(8-12(16)3)22-14(5)18(21)19-9-17-20-13(4)10-23-17/h6-8,10-11,14H,9H2,1-5H3,(H,19,21)/t14-/m0/s1. The van der Waals surface area contributed by atoms with Crippen LogP contribution in [0.3, 0.4) is 0 Å². The van der Waals surface area contributed by atoms with E-state index in [1.165, 1.54) is 11.1 Å². The van der Waals surface area contributed by atoms with Crippen LogP contribution in [0.1, 0.15) is 48.5 Å². The fraction of sp³-hybridized carbons (Fsp3) is 0.444. The van der Waals surface area contributed by atoms with Gasteiger partial charge in [-0.1, -0.05) is 19.9 Å². The Morgan fingerprint density at radius 2 is 2.04 bits per heavy atom. The van der Waals surface area contributed by atoms with Crippen LogP contribution in [0, 0.1) is 13.8 Å². The van der Waals surface area contributed by atoms with Gasteiger partial charge in [-0.15, -0.1) is 11.3 Å². The highest BCUT2D eigenvalue weighted by Gasteiger charge is 2.15. The summed E-state index contributed by atoms with van der Waals surface area (Å²) in [6.07, 6.45) is -0.541. The summed E-state index contributed by atoms with van der Waals surface area (Å²) in [5, 5.41) is 5.74. The maximum Gasteiger partial charge on any atom is 0.261 e. The predicted octanol–water partition coefficient (Wildman–Crippen LogP) is 3.97. The lowest BCUT2D eigenvalue weighted by Crippen LogP contribution is -2.35. The summed E-state index contributed by atoms with van der Waals surface area (Å²) in [6.45, 7) is 10.5. The van der Waals surface area contributed by atoms with Crippen LogP contribution >= 0.6 is 11.3 Å². The van der Waals surface area contributed by atoms with Crippen molar-refractivity contribution in [2.24, 2.45) is 0 Å². The second kappa shape index (κ2) is 7.59. The lowest BCUT2D eigenvalue weighted by Gasteiger charge is -2.16. The molecule has 0 unspecified atom stereocenters. The largest absolute Gasteiger partial charge is 0.481 e. The maximum atomic E-state index is 12.1. The van der Waals surface area contributed by atoms with E-state index in [0.29, 0.717) is 12.5 Å². The Morgan fingerprint density at radius 1 is 1.30 bits per heavy atom. The molecular weight excluding hydrogens is 308 g/mol. The van der Waals surface area contributed by atoms with Crippen molar-refractivity contribution < 1.29 is 9.53 Å². The summed E-state index contributed by atoms with van der Waals surface area (Å²) in [4.78, 5) is 16.5. The molecule has 1 amide bonds. The first-order valence-electron chi connectivity index (χ1n) is 7.82. The van der Waals surface area contributed by atoms with Gasteiger partial charge in [0.2, 0.25) is 0 Å². The Kier molecular flexibility index (Phi) is 5.77. The minimum atomic E-state index is -0.541. The van der Waals surface area contributed by atoms with Crippen molar-refractivity contribution in [2.75, 3.05) is 0 Å². The van der Waals surface area contributed by atoms with Gasteiger partial charge < -0.3 is 10.1 Å². The summed E-state index contributed by atoms with van der Waals surface area (Å²) >= 11 is 1.55. The number of ether oxygens (including phenoxy) is 1. The quantitative estimate of drug-likeness (QED) is 0.871. The van der Waals surface area contributed by atoms with Gasteiger partial charge in [-0.25, -0.2) is 4.98 Å². The van der Waals surface area contributed by atoms with Crippen LogP contribution in [-0.2, 0) is 11.3 Å². The highest BCUT2D eigenvalue weighted by molar-refractivity contribution is 7.09. The third-order valence-electron chi connectivity index (χ3n) is 3.63. The van der Waals surface area contributed by atoms with Crippen molar-refractivity contribution in [1.29, 1.82) is 0 Å². The second-order valence-electron chi connectivity index (χ2n) is 6.03. The van der Waals surface area contributed by atoms with Gasteiger partial charge in [0.25, 0.3) is 5.91 Å². The summed E-state index contributed by atoms with van der Waals surface area (Å²) in [6, 6.07) is 5.98. The SMILES string of the molecule is Cc1csc(CNC(=O)[C@H](C)Oc2ccc(C(C)C)c(C)c2)n1. The number of benzene rings is 1. The number of aryl methyl sites for hydroxylation is 2. The molecule has 1 aromatic carbocycles. The molecule has 0 aliphatic rings. The molecule has 2 rings (SSSR count). The first-order chi connectivity index (χ1) is 10.9. The average molecular weight is 332 g/mol. The molecule has 0 saturated carbocycles. The maximum absolute atomic E-state index is 12.1. The van der Waals surface area contributed by atoms with Crippen LogP contribution in [0.5, 0.6) is 5.75 Å². The van der Waals surface area contributed by atoms with E-state index in [2.05, 4.69) is 37.1 Å². The van der Waals surface area contributed by atoms with Crippen LogP contribution in [0.25, 0.3) is 0 Å². The van der Waals surface area contributed by atoms with Crippen molar-refractivity contribution in [1.82, 2.24) is 10.3 Å². The van der Waals surface area contributed by atoms with E-state index in [1.54, 1.807) is 18.3 Å². The zero-order chi connectivity index (χ0) is 17.0. The third kappa shape index (κ3) is 4.79. The number of aromatic nitrogens is 1. The molecule has 0 aliphatic carbocycles. The zero-order valence-electron chi connectivity index (χ0n) is 14.3. The van der Waals surface area contributed by atoms with Gasteiger partial charge in [-0.2, -0.15) is 0 Å². The van der Waals surface area contributed by atoms with Gasteiger partial charge in [0.1, 0.15) is 10.8 Å². The third-order valence-corrected chi connectivity index (χ3v) is 4.59. The number of nitrogens with zero attached hydrogens (tertiary/aromatic N) is 1. The molecule has 4 nitrogen and oxygen atoms in total. The van der Waals surface area contributed by atoms with Gasteiger partial charge >= 0.3 is 0 Å². The fourth-order valence-corrected chi connectivity index (χ4v) is 3.13. The highest BCUT2D eigenvalue weighted by Crippen LogP contribution is 2.24. The van der Waals surface area contributed by atoms with Crippen molar-refractivity contribution in [3.63, 3.8) is 0 Å². The second-order valence-corrected chi connectivity index (χ2v) is 6.98. The number of thiazole rings is 1. The van der Waals surface area contributed by atoms with Gasteiger partial charge in [0.05, 0.1) is 6.54 Å². The Balaban J connectivity index is 1.91. The molecule has 124 valence electrons. The van der Waals surface area contributed by atoms with E-state index in [-0.39, 0.29) is 5.91 Å². The molecule has 5 heteroatoms. The van der Waals surface area contributed by atoms with Crippen LogP contribution in [0.2, 0.25) is 0 Å². The normalized spacial score (nSPS) is 12.3. The predicted molar refractivity (Wildman–Crippen MR) is 94.1 cm³/mol. The first kappa shape index (κ1) is 17.5. The van der Waals surface area contributed by atoms with E-state index >= 15 is 0 Å². The molecule has 2 aromatic rings. The van der Waals surface area contributed by atoms with Crippen molar-refractivity contribution in [2.45, 2.75) is 53.2 Å². The molecule has 0 radical (unpaired) electrons. The Morgan fingerprint density at radius 3 is 2.61 bits per heavy atom. The fourth-order valence-electron chi connectivity index (χ4n) is 2.42. The van der Waals surface area contributed by atoms with Gasteiger partial charge in [0.15, 0.2) is 6.10 Å². The minimum Gasteiger partial charge on any atom is -0.481 e. The van der Waals surface area contributed by atoms with Crippen LogP contribution < -0.4 is 10.1 Å². The van der Waals surface area contributed by atoms with Crippen LogP contribution in [-0.4, -0.2) is 17.0 Å². The first-order valence-corrected chi connectivity index (χ1v) is 8.70. The number of carbonyl (C=O) groups is 1. The van der Waals surface area contributed by atoms with E-state index in [0.717, 1.165) is 16.5 Å². The molecule has 0 bridgehead atoms. The van der Waals surface area contributed by atoms with Crippen molar-refractivity contribution >= 4 is 17.2 Å². The molecule has 1 heterocycles. The minimum absolute atomic E-state index is 0.136. The van der Waals surface area contributed by atoms with Gasteiger partial charge in [-0.3, -0.25) is 4.79 Å². The molecular formula is C18H24N2O2S. The molecule has 23 heavy (non-hydrogen) atoms. The lowest BCUT2D eigenvalue weighted by molar-refractivity contribution is -0.127. The van der Waals surface area contributed by atoms with Crippen molar-refractivity contribution in [3.05, 3.63) is 45.4 Å². The number of nitrogens with one attached hydrogen (secondary N) is 1. The number of hydrogen-bond donors (Lipinski definition) is 1. The molecule has 1 atom stereocenters. The van der Waals surface area contributed by atoms with E-state index < -0.39 is 6.10 Å². The Bertz CT molecular complexity index is 679. The molecule has 0 saturated heterocycles. The molecule has 1 aromatic heterocycles. The monoisotopic (exact) mass is 332 g/mol. The highest BCUT2D eigenvalue weighted by atomic mass is 32.1. The van der Waals surface area contributed by atoms with Gasteiger partial charge in [-0.05, 0) is 49.9 Å². The number of rotatable bonds is 6. The number of hydrogen-bond acceptors (Lipinski definition) is 4. The van der Waals surface area contributed by atoms with Crippen molar-refractivity contribution in [3.8, 4) is 5.75 Å². The zero-order valence-corrected chi connectivity index (χ0v) is 15.2. The molecule has 0 fully saturated rings. The molecule has 0 spiro atoms. The average Bonchev–Trinajstić information content (AvgIpc) is 2.90. The van der Waals surface area contributed by atoms with E-state index in [1.807, 2.05) is 24.4 Å². The lowest BCUT2D eigenvalue weighted by atomic mass is 9.98.